The predicted octanol–water partition coefficient (Wildman–Crippen LogP) is 7.26. The van der Waals surface area contributed by atoms with Crippen molar-refractivity contribution in [3.63, 3.8) is 0 Å². The van der Waals surface area contributed by atoms with Crippen molar-refractivity contribution in [3.8, 4) is 11.5 Å². The van der Waals surface area contributed by atoms with Gasteiger partial charge in [0, 0.05) is 0 Å². The van der Waals surface area contributed by atoms with Crippen molar-refractivity contribution < 1.29 is 9.84 Å². The third-order valence-electron chi connectivity index (χ3n) is 5.84. The number of allylic oxidation sites excluding steroid dienone is 1. The van der Waals surface area contributed by atoms with Gasteiger partial charge in [0.2, 0.25) is 0 Å². The minimum absolute atomic E-state index is 0.279. The molecule has 0 aliphatic heterocycles. The summed E-state index contributed by atoms with van der Waals surface area (Å²) in [5, 5.41) is 9.80. The first kappa shape index (κ1) is 24.6. The van der Waals surface area contributed by atoms with Gasteiger partial charge >= 0.3 is 0 Å². The van der Waals surface area contributed by atoms with E-state index < -0.39 is 0 Å². The molecule has 3 aromatic rings. The molecule has 33 heavy (non-hydrogen) atoms. The lowest BCUT2D eigenvalue weighted by Crippen LogP contribution is -2.12. The van der Waals surface area contributed by atoms with Crippen molar-refractivity contribution >= 4 is 11.1 Å². The maximum Gasteiger partial charge on any atom is 0.119 e. The molecule has 0 saturated carbocycles. The highest BCUT2D eigenvalue weighted by molar-refractivity contribution is 5.98. The number of benzene rings is 3. The van der Waals surface area contributed by atoms with E-state index in [1.54, 1.807) is 12.1 Å². The smallest absolute Gasteiger partial charge is 0.119 e. The zero-order chi connectivity index (χ0) is 23.5. The molecule has 0 atom stereocenters. The predicted molar refractivity (Wildman–Crippen MR) is 140 cm³/mol. The SMILES string of the molecule is CCC(=C(c1ccc(O)cc1)c1ccc(OCCCCCCN(C)C)cc1)c1ccccc1. The van der Waals surface area contributed by atoms with Crippen LogP contribution in [0.25, 0.3) is 11.1 Å². The summed E-state index contributed by atoms with van der Waals surface area (Å²) < 4.78 is 6.00. The summed E-state index contributed by atoms with van der Waals surface area (Å²) >= 11 is 0. The zero-order valence-corrected chi connectivity index (χ0v) is 20.3. The Kier molecular flexibility index (Phi) is 9.59. The molecule has 0 heterocycles. The molecule has 0 radical (unpaired) electrons. The summed E-state index contributed by atoms with van der Waals surface area (Å²) in [5.74, 6) is 1.19. The van der Waals surface area contributed by atoms with Crippen LogP contribution in [0.15, 0.2) is 78.9 Å². The van der Waals surface area contributed by atoms with Crippen LogP contribution < -0.4 is 4.74 Å². The lowest BCUT2D eigenvalue weighted by molar-refractivity contribution is 0.302. The third kappa shape index (κ3) is 7.50. The Labute approximate surface area is 199 Å². The highest BCUT2D eigenvalue weighted by Crippen LogP contribution is 2.35. The Hall–Kier alpha value is -3.04. The van der Waals surface area contributed by atoms with Crippen LogP contribution in [-0.4, -0.2) is 37.3 Å². The third-order valence-corrected chi connectivity index (χ3v) is 5.84. The van der Waals surface area contributed by atoms with Gasteiger partial charge in [-0.3, -0.25) is 0 Å². The molecule has 0 aliphatic rings. The summed E-state index contributed by atoms with van der Waals surface area (Å²) in [6.45, 7) is 4.10. The van der Waals surface area contributed by atoms with Crippen LogP contribution in [0.3, 0.4) is 0 Å². The fraction of sp³-hybridized carbons (Fsp3) is 0.333. The first-order chi connectivity index (χ1) is 16.1. The molecule has 0 amide bonds. The molecule has 0 saturated heterocycles. The van der Waals surface area contributed by atoms with Crippen LogP contribution in [-0.2, 0) is 0 Å². The van der Waals surface area contributed by atoms with Crippen LogP contribution in [0.5, 0.6) is 11.5 Å². The first-order valence-corrected chi connectivity index (χ1v) is 12.0. The van der Waals surface area contributed by atoms with Gasteiger partial charge < -0.3 is 14.7 Å². The van der Waals surface area contributed by atoms with Crippen molar-refractivity contribution in [2.75, 3.05) is 27.2 Å². The molecule has 0 unspecified atom stereocenters. The topological polar surface area (TPSA) is 32.7 Å². The van der Waals surface area contributed by atoms with E-state index in [9.17, 15) is 5.11 Å². The molecular formula is C30H37NO2. The van der Waals surface area contributed by atoms with Gasteiger partial charge in [0.1, 0.15) is 11.5 Å². The molecule has 0 bridgehead atoms. The van der Waals surface area contributed by atoms with Crippen LogP contribution in [0.4, 0.5) is 0 Å². The van der Waals surface area contributed by atoms with Gasteiger partial charge in [-0.1, -0.05) is 74.4 Å². The van der Waals surface area contributed by atoms with Crippen molar-refractivity contribution in [1.29, 1.82) is 0 Å². The minimum atomic E-state index is 0.279. The summed E-state index contributed by atoms with van der Waals surface area (Å²) in [6.07, 6.45) is 5.69. The quantitative estimate of drug-likeness (QED) is 0.236. The van der Waals surface area contributed by atoms with Crippen LogP contribution in [0.1, 0.15) is 55.7 Å². The zero-order valence-electron chi connectivity index (χ0n) is 20.3. The standard InChI is InChI=1S/C30H37NO2/c1-4-29(24-12-8-7-9-13-24)30(25-14-18-27(32)19-15-25)26-16-20-28(21-17-26)33-23-11-6-5-10-22-31(2)3/h7-9,12-21,32H,4-6,10-11,22-23H2,1-3H3. The number of unbranched alkanes of at least 4 members (excludes halogenated alkanes) is 3. The number of phenolic OH excluding ortho intramolecular Hbond substituents is 1. The lowest BCUT2D eigenvalue weighted by atomic mass is 9.88. The fourth-order valence-corrected chi connectivity index (χ4v) is 4.10. The second kappa shape index (κ2) is 12.9. The van der Waals surface area contributed by atoms with Crippen LogP contribution in [0.2, 0.25) is 0 Å². The number of phenols is 1. The average molecular weight is 444 g/mol. The molecule has 3 heteroatoms. The van der Waals surface area contributed by atoms with Crippen molar-refractivity contribution in [1.82, 2.24) is 4.90 Å². The summed E-state index contributed by atoms with van der Waals surface area (Å²) in [7, 11) is 4.25. The van der Waals surface area contributed by atoms with E-state index in [1.807, 2.05) is 18.2 Å². The Morgan fingerprint density at radius 2 is 1.33 bits per heavy atom. The molecule has 0 aromatic heterocycles. The summed E-state index contributed by atoms with van der Waals surface area (Å²) in [4.78, 5) is 2.24. The summed E-state index contributed by atoms with van der Waals surface area (Å²) in [6, 6.07) is 26.4. The van der Waals surface area contributed by atoms with Gasteiger partial charge in [-0.25, -0.2) is 0 Å². The van der Waals surface area contributed by atoms with Gasteiger partial charge in [-0.15, -0.1) is 0 Å². The first-order valence-electron chi connectivity index (χ1n) is 12.0. The van der Waals surface area contributed by atoms with Gasteiger partial charge in [0.25, 0.3) is 0 Å². The molecule has 0 fully saturated rings. The Morgan fingerprint density at radius 3 is 1.94 bits per heavy atom. The van der Waals surface area contributed by atoms with E-state index in [0.29, 0.717) is 0 Å². The number of hydrogen-bond donors (Lipinski definition) is 1. The van der Waals surface area contributed by atoms with Crippen molar-refractivity contribution in [3.05, 3.63) is 95.6 Å². The molecule has 0 spiro atoms. The van der Waals surface area contributed by atoms with Crippen LogP contribution in [0, 0.1) is 0 Å². The number of rotatable bonds is 12. The van der Waals surface area contributed by atoms with Crippen molar-refractivity contribution in [2.45, 2.75) is 39.0 Å². The highest BCUT2D eigenvalue weighted by Gasteiger charge is 2.13. The van der Waals surface area contributed by atoms with Crippen molar-refractivity contribution in [2.24, 2.45) is 0 Å². The van der Waals surface area contributed by atoms with E-state index in [1.165, 1.54) is 36.0 Å². The largest absolute Gasteiger partial charge is 0.508 e. The van der Waals surface area contributed by atoms with E-state index in [-0.39, 0.29) is 5.75 Å². The number of aromatic hydroxyl groups is 1. The van der Waals surface area contributed by atoms with E-state index in [0.717, 1.165) is 42.9 Å². The number of nitrogens with zero attached hydrogens (tertiary/aromatic N) is 1. The second-order valence-electron chi connectivity index (χ2n) is 8.71. The fourth-order valence-electron chi connectivity index (χ4n) is 4.10. The molecule has 0 aliphatic carbocycles. The Bertz CT molecular complexity index is 990. The molecular weight excluding hydrogens is 406 g/mol. The van der Waals surface area contributed by atoms with E-state index in [4.69, 9.17) is 4.74 Å². The maximum absolute atomic E-state index is 9.80. The average Bonchev–Trinajstić information content (AvgIpc) is 2.83. The summed E-state index contributed by atoms with van der Waals surface area (Å²) in [5.41, 5.74) is 5.94. The van der Waals surface area contributed by atoms with Gasteiger partial charge in [0.15, 0.2) is 0 Å². The van der Waals surface area contributed by atoms with Gasteiger partial charge in [-0.2, -0.15) is 0 Å². The number of ether oxygens (including phenoxy) is 1. The minimum Gasteiger partial charge on any atom is -0.508 e. The van der Waals surface area contributed by atoms with Gasteiger partial charge in [0.05, 0.1) is 6.61 Å². The molecule has 3 nitrogen and oxygen atoms in total. The normalized spacial score (nSPS) is 12.0. The monoisotopic (exact) mass is 443 g/mol. The second-order valence-corrected chi connectivity index (χ2v) is 8.71. The van der Waals surface area contributed by atoms with E-state index >= 15 is 0 Å². The molecule has 174 valence electrons. The Morgan fingerprint density at radius 1 is 0.727 bits per heavy atom. The van der Waals surface area contributed by atoms with Gasteiger partial charge in [-0.05, 0) is 92.0 Å². The number of hydrogen-bond acceptors (Lipinski definition) is 3. The molecule has 1 N–H and O–H groups in total. The maximum atomic E-state index is 9.80. The Balaban J connectivity index is 1.75. The van der Waals surface area contributed by atoms with Crippen LogP contribution >= 0.6 is 0 Å². The molecule has 3 rings (SSSR count). The highest BCUT2D eigenvalue weighted by atomic mass is 16.5. The molecule has 3 aromatic carbocycles. The van der Waals surface area contributed by atoms with E-state index in [2.05, 4.69) is 74.4 Å². The lowest BCUT2D eigenvalue weighted by Gasteiger charge is -2.17.